The van der Waals surface area contributed by atoms with Crippen molar-refractivity contribution in [3.63, 3.8) is 0 Å². The Morgan fingerprint density at radius 1 is 1.19 bits per heavy atom. The van der Waals surface area contributed by atoms with E-state index in [1.807, 2.05) is 18.0 Å². The van der Waals surface area contributed by atoms with Gasteiger partial charge in [0.15, 0.2) is 11.6 Å². The highest BCUT2D eigenvalue weighted by atomic mass is 32.1. The van der Waals surface area contributed by atoms with Gasteiger partial charge in [-0.3, -0.25) is 0 Å². The minimum Gasteiger partial charge on any atom is -0.508 e. The molecule has 36 heavy (non-hydrogen) atoms. The number of esters is 1. The number of rotatable bonds is 7. The van der Waals surface area contributed by atoms with E-state index in [1.165, 1.54) is 12.4 Å². The van der Waals surface area contributed by atoms with Crippen LogP contribution in [-0.4, -0.2) is 71.0 Å². The van der Waals surface area contributed by atoms with E-state index in [0.717, 1.165) is 39.6 Å². The number of hydrogen-bond donors (Lipinski definition) is 1. The summed E-state index contributed by atoms with van der Waals surface area (Å²) < 4.78 is 11.5. The molecule has 0 saturated carbocycles. The van der Waals surface area contributed by atoms with Gasteiger partial charge in [0.1, 0.15) is 5.75 Å². The zero-order chi connectivity index (χ0) is 25.1. The number of nitrogens with zero attached hydrogens (tertiary/aromatic N) is 6. The number of hydrogen-bond acceptors (Lipinski definition) is 11. The van der Waals surface area contributed by atoms with Crippen LogP contribution in [0.5, 0.6) is 5.75 Å². The van der Waals surface area contributed by atoms with Crippen LogP contribution in [0.15, 0.2) is 42.7 Å². The van der Waals surface area contributed by atoms with Gasteiger partial charge in [0.2, 0.25) is 5.95 Å². The Bertz CT molecular complexity index is 1370. The highest BCUT2D eigenvalue weighted by Gasteiger charge is 2.21. The Morgan fingerprint density at radius 2 is 1.97 bits per heavy atom. The summed E-state index contributed by atoms with van der Waals surface area (Å²) in [5.74, 6) is 1.67. The first-order valence-electron chi connectivity index (χ1n) is 11.6. The van der Waals surface area contributed by atoms with Gasteiger partial charge in [-0.15, -0.1) is 11.3 Å². The van der Waals surface area contributed by atoms with E-state index in [0.29, 0.717) is 43.7 Å². The Kier molecular flexibility index (Phi) is 6.92. The maximum Gasteiger partial charge on any atom is 0.341 e. The third-order valence-electron chi connectivity index (χ3n) is 5.70. The van der Waals surface area contributed by atoms with E-state index in [4.69, 9.17) is 19.4 Å². The molecule has 0 aliphatic carbocycles. The fraction of sp³-hybridized carbons (Fsp3) is 0.320. The van der Waals surface area contributed by atoms with Crippen LogP contribution in [0, 0.1) is 0 Å². The Hall–Kier alpha value is -3.83. The molecule has 3 aromatic heterocycles. The molecular formula is C25H26N6O4S. The second-order valence-corrected chi connectivity index (χ2v) is 9.43. The van der Waals surface area contributed by atoms with E-state index in [-0.39, 0.29) is 5.75 Å². The molecule has 10 nitrogen and oxygen atoms in total. The molecule has 0 unspecified atom stereocenters. The number of anilines is 2. The van der Waals surface area contributed by atoms with Crippen LogP contribution in [0.1, 0.15) is 22.2 Å². The summed E-state index contributed by atoms with van der Waals surface area (Å²) in [5, 5.41) is 9.97. The lowest BCUT2D eigenvalue weighted by atomic mass is 10.2. The van der Waals surface area contributed by atoms with Gasteiger partial charge in [0, 0.05) is 43.0 Å². The molecule has 4 heterocycles. The number of phenols is 1. The quantitative estimate of drug-likeness (QED) is 0.374. The van der Waals surface area contributed by atoms with Gasteiger partial charge in [-0.1, -0.05) is 12.1 Å². The monoisotopic (exact) mass is 506 g/mol. The molecular weight excluding hydrogens is 480 g/mol. The summed E-state index contributed by atoms with van der Waals surface area (Å²) in [6.45, 7) is 5.41. The molecule has 4 aromatic rings. The number of aromatic nitrogens is 4. The molecule has 1 aromatic carbocycles. The first kappa shape index (κ1) is 23.9. The number of carbonyl (C=O) groups excluding carboxylic acids is 1. The normalized spacial score (nSPS) is 13.7. The molecule has 11 heteroatoms. The van der Waals surface area contributed by atoms with E-state index in [9.17, 15) is 9.90 Å². The lowest BCUT2D eigenvalue weighted by molar-refractivity contribution is 0.0525. The van der Waals surface area contributed by atoms with Crippen LogP contribution in [0.3, 0.4) is 0 Å². The van der Waals surface area contributed by atoms with Crippen LogP contribution in [-0.2, 0) is 16.0 Å². The minimum atomic E-state index is -0.437. The van der Waals surface area contributed by atoms with Crippen LogP contribution < -0.4 is 9.80 Å². The average Bonchev–Trinajstić information content (AvgIpc) is 3.31. The average molecular weight is 507 g/mol. The number of phenolic OH excluding ortho intramolecular Hbond substituents is 1. The SMILES string of the molecule is CCOC(=O)c1cnc(N(C)Cc2cc3nc(-c4cccc(O)c4)nc(N4CCOCC4)c3s2)nc1. The maximum absolute atomic E-state index is 11.9. The molecule has 1 fully saturated rings. The lowest BCUT2D eigenvalue weighted by Gasteiger charge is -2.28. The number of benzene rings is 1. The third kappa shape index (κ3) is 5.07. The zero-order valence-electron chi connectivity index (χ0n) is 20.0. The molecule has 1 saturated heterocycles. The van der Waals surface area contributed by atoms with E-state index in [2.05, 4.69) is 20.9 Å². The number of aromatic hydroxyl groups is 1. The molecule has 0 bridgehead atoms. The number of ether oxygens (including phenoxy) is 2. The van der Waals surface area contributed by atoms with E-state index in [1.54, 1.807) is 36.5 Å². The van der Waals surface area contributed by atoms with E-state index < -0.39 is 5.97 Å². The first-order chi connectivity index (χ1) is 17.5. The summed E-state index contributed by atoms with van der Waals surface area (Å²) in [7, 11) is 1.90. The van der Waals surface area contributed by atoms with Crippen LogP contribution >= 0.6 is 11.3 Å². The fourth-order valence-corrected chi connectivity index (χ4v) is 5.11. The molecule has 0 spiro atoms. The van der Waals surface area contributed by atoms with Crippen molar-refractivity contribution < 1.29 is 19.4 Å². The molecule has 1 N–H and O–H groups in total. The van der Waals surface area contributed by atoms with Crippen molar-refractivity contribution >= 4 is 39.3 Å². The second-order valence-electron chi connectivity index (χ2n) is 8.30. The second kappa shape index (κ2) is 10.4. The molecule has 186 valence electrons. The Labute approximate surface area is 212 Å². The van der Waals surface area contributed by atoms with Gasteiger partial charge in [-0.05, 0) is 25.1 Å². The van der Waals surface area contributed by atoms with Crippen LogP contribution in [0.4, 0.5) is 11.8 Å². The number of carbonyl (C=O) groups is 1. The topological polar surface area (TPSA) is 114 Å². The Morgan fingerprint density at radius 3 is 2.69 bits per heavy atom. The summed E-state index contributed by atoms with van der Waals surface area (Å²) in [6.07, 6.45) is 2.95. The van der Waals surface area contributed by atoms with Crippen molar-refractivity contribution in [3.05, 3.63) is 53.2 Å². The third-order valence-corrected chi connectivity index (χ3v) is 6.81. The molecule has 5 rings (SSSR count). The van der Waals surface area contributed by atoms with Crippen molar-refractivity contribution in [2.75, 3.05) is 49.8 Å². The fourth-order valence-electron chi connectivity index (χ4n) is 3.95. The van der Waals surface area contributed by atoms with Gasteiger partial charge in [-0.25, -0.2) is 24.7 Å². The van der Waals surface area contributed by atoms with Crippen molar-refractivity contribution in [2.45, 2.75) is 13.5 Å². The molecule has 0 radical (unpaired) electrons. The molecule has 0 amide bonds. The number of thiophene rings is 1. The summed E-state index contributed by atoms with van der Waals surface area (Å²) in [5.41, 5.74) is 1.92. The van der Waals surface area contributed by atoms with E-state index >= 15 is 0 Å². The predicted molar refractivity (Wildman–Crippen MR) is 138 cm³/mol. The summed E-state index contributed by atoms with van der Waals surface area (Å²) in [4.78, 5) is 35.5. The highest BCUT2D eigenvalue weighted by molar-refractivity contribution is 7.19. The Balaban J connectivity index is 1.45. The molecule has 0 atom stereocenters. The zero-order valence-corrected chi connectivity index (χ0v) is 20.9. The predicted octanol–water partition coefficient (Wildman–Crippen LogP) is 3.50. The first-order valence-corrected chi connectivity index (χ1v) is 12.5. The van der Waals surface area contributed by atoms with Crippen LogP contribution in [0.25, 0.3) is 21.6 Å². The van der Waals surface area contributed by atoms with Crippen molar-refractivity contribution in [3.8, 4) is 17.1 Å². The largest absolute Gasteiger partial charge is 0.508 e. The highest BCUT2D eigenvalue weighted by Crippen LogP contribution is 2.35. The molecule has 1 aliphatic heterocycles. The van der Waals surface area contributed by atoms with Gasteiger partial charge >= 0.3 is 5.97 Å². The van der Waals surface area contributed by atoms with Crippen LogP contribution in [0.2, 0.25) is 0 Å². The summed E-state index contributed by atoms with van der Waals surface area (Å²) >= 11 is 1.63. The van der Waals surface area contributed by atoms with Crippen molar-refractivity contribution in [2.24, 2.45) is 0 Å². The van der Waals surface area contributed by atoms with Gasteiger partial charge in [-0.2, -0.15) is 0 Å². The standard InChI is InChI=1S/C25H26N6O4S/c1-3-35-24(33)17-13-26-25(27-14-17)30(2)15-19-12-20-21(36-19)23(31-7-9-34-10-8-31)29-22(28-20)16-5-4-6-18(32)11-16/h4-6,11-14,32H,3,7-10,15H2,1-2H3. The van der Waals surface area contributed by atoms with Gasteiger partial charge in [0.25, 0.3) is 0 Å². The van der Waals surface area contributed by atoms with Crippen molar-refractivity contribution in [1.29, 1.82) is 0 Å². The number of fused-ring (bicyclic) bond motifs is 1. The summed E-state index contributed by atoms with van der Waals surface area (Å²) in [6, 6.07) is 9.03. The lowest BCUT2D eigenvalue weighted by Crippen LogP contribution is -2.36. The van der Waals surface area contributed by atoms with Gasteiger partial charge in [0.05, 0.1) is 42.1 Å². The smallest absolute Gasteiger partial charge is 0.341 e. The number of morpholine rings is 1. The minimum absolute atomic E-state index is 0.172. The van der Waals surface area contributed by atoms with Gasteiger partial charge < -0.3 is 24.4 Å². The maximum atomic E-state index is 11.9. The molecule has 1 aliphatic rings. The van der Waals surface area contributed by atoms with Crippen molar-refractivity contribution in [1.82, 2.24) is 19.9 Å².